The highest BCUT2D eigenvalue weighted by molar-refractivity contribution is 6.50. The molecule has 28 heavy (non-hydrogen) atoms. The lowest BCUT2D eigenvalue weighted by Crippen LogP contribution is -2.29. The second-order valence-corrected chi connectivity index (χ2v) is 5.19. The molecule has 0 aliphatic carbocycles. The fourth-order valence-corrected chi connectivity index (χ4v) is 1.54. The van der Waals surface area contributed by atoms with E-state index in [1.807, 2.05) is 0 Å². The monoisotopic (exact) mass is 442 g/mol. The molecular formula is C11H21B3F12N2-2. The largest absolute Gasteiger partial charge is 0.673 e. The van der Waals surface area contributed by atoms with Crippen LogP contribution in [0, 0.1) is 6.92 Å². The minimum Gasteiger partial charge on any atom is -0.418 e. The standard InChI is InChI=1S/C11H21N2.3BF4/c1-4-5-6-7-8-13-10-9-12(3)11(13)2;3*2-1(3,4)5/h9-10H,4-8H2,1-3H3;;;/q+1;3*-1. The third-order valence-corrected chi connectivity index (χ3v) is 2.65. The number of aryl methyl sites for hydroxylation is 2. The van der Waals surface area contributed by atoms with Crippen LogP contribution in [0.15, 0.2) is 12.4 Å². The number of nitrogens with zero attached hydrogens (tertiary/aromatic N) is 2. The SMILES string of the molecule is CCCCCCn1cc[n+](C)c1C.F[B-](F)(F)F.F[B-](F)(F)F.F[B-](F)(F)F. The van der Waals surface area contributed by atoms with E-state index in [-0.39, 0.29) is 0 Å². The van der Waals surface area contributed by atoms with Crippen LogP contribution in [0.5, 0.6) is 0 Å². The zero-order valence-electron chi connectivity index (χ0n) is 15.4. The summed E-state index contributed by atoms with van der Waals surface area (Å²) in [6, 6.07) is 0. The Labute approximate surface area is 155 Å². The van der Waals surface area contributed by atoms with Crippen molar-refractivity contribution in [2.75, 3.05) is 0 Å². The summed E-state index contributed by atoms with van der Waals surface area (Å²) in [4.78, 5) is 0. The van der Waals surface area contributed by atoms with Crippen molar-refractivity contribution in [3.63, 3.8) is 0 Å². The van der Waals surface area contributed by atoms with Gasteiger partial charge < -0.3 is 51.8 Å². The van der Waals surface area contributed by atoms with Crippen LogP contribution in [0.1, 0.15) is 38.4 Å². The molecule has 0 bridgehead atoms. The molecule has 1 aromatic heterocycles. The van der Waals surface area contributed by atoms with E-state index >= 15 is 0 Å². The molecule has 0 N–H and O–H groups in total. The van der Waals surface area contributed by atoms with Crippen molar-refractivity contribution in [2.24, 2.45) is 7.05 Å². The smallest absolute Gasteiger partial charge is 0.418 e. The molecule has 0 saturated heterocycles. The summed E-state index contributed by atoms with van der Waals surface area (Å²) in [5.74, 6) is 1.34. The molecule has 0 atom stereocenters. The Kier molecular flexibility index (Phi) is 16.2. The van der Waals surface area contributed by atoms with Gasteiger partial charge in [0.05, 0.1) is 13.6 Å². The molecule has 1 aromatic rings. The van der Waals surface area contributed by atoms with E-state index in [4.69, 9.17) is 0 Å². The highest BCUT2D eigenvalue weighted by atomic mass is 19.5. The summed E-state index contributed by atoms with van der Waals surface area (Å²) in [5, 5.41) is 0. The first-order chi connectivity index (χ1) is 12.3. The van der Waals surface area contributed by atoms with Gasteiger partial charge in [0, 0.05) is 6.92 Å². The molecule has 0 fully saturated rings. The van der Waals surface area contributed by atoms with Crippen LogP contribution in [0.4, 0.5) is 51.8 Å². The van der Waals surface area contributed by atoms with Gasteiger partial charge in [0.15, 0.2) is 0 Å². The summed E-state index contributed by atoms with van der Waals surface area (Å²) in [7, 11) is -15.9. The van der Waals surface area contributed by atoms with E-state index in [2.05, 4.69) is 42.4 Å². The molecule has 2 nitrogen and oxygen atoms in total. The summed E-state index contributed by atoms with van der Waals surface area (Å²) in [5.41, 5.74) is 0. The summed E-state index contributed by atoms with van der Waals surface area (Å²) in [6.07, 6.45) is 9.64. The van der Waals surface area contributed by atoms with E-state index in [1.165, 1.54) is 38.1 Å². The van der Waals surface area contributed by atoms with Crippen LogP contribution in [0.2, 0.25) is 0 Å². The van der Waals surface area contributed by atoms with Crippen molar-refractivity contribution < 1.29 is 56.4 Å². The Morgan fingerprint density at radius 1 is 0.750 bits per heavy atom. The Balaban J connectivity index is -0.000000347. The fourth-order valence-electron chi connectivity index (χ4n) is 1.54. The van der Waals surface area contributed by atoms with E-state index in [0.29, 0.717) is 0 Å². The topological polar surface area (TPSA) is 8.81 Å². The third kappa shape index (κ3) is 44.2. The fraction of sp³-hybridized carbons (Fsp3) is 0.727. The molecule has 0 amide bonds. The Hall–Kier alpha value is -1.44. The van der Waals surface area contributed by atoms with Gasteiger partial charge in [0.2, 0.25) is 0 Å². The molecule has 0 saturated carbocycles. The molecule has 1 heterocycles. The maximum Gasteiger partial charge on any atom is 0.673 e. The second kappa shape index (κ2) is 14.5. The first-order valence-corrected chi connectivity index (χ1v) is 7.89. The van der Waals surface area contributed by atoms with Gasteiger partial charge in [-0.15, -0.1) is 0 Å². The van der Waals surface area contributed by atoms with E-state index in [1.54, 1.807) is 0 Å². The van der Waals surface area contributed by atoms with Crippen molar-refractivity contribution >= 4 is 21.8 Å². The second-order valence-electron chi connectivity index (χ2n) is 5.19. The molecule has 0 unspecified atom stereocenters. The lowest BCUT2D eigenvalue weighted by atomic mass is 10.2. The molecule has 0 aromatic carbocycles. The number of hydrogen-bond acceptors (Lipinski definition) is 0. The molecule has 0 radical (unpaired) electrons. The zero-order valence-corrected chi connectivity index (χ0v) is 15.4. The summed E-state index contributed by atoms with van der Waals surface area (Å²) in [6.45, 7) is 5.59. The number of imidazole rings is 1. The normalized spacial score (nSPS) is 11.4. The van der Waals surface area contributed by atoms with Crippen molar-refractivity contribution in [3.8, 4) is 0 Å². The van der Waals surface area contributed by atoms with Gasteiger partial charge in [-0.1, -0.05) is 19.8 Å². The van der Waals surface area contributed by atoms with Gasteiger partial charge in [-0.2, -0.15) is 0 Å². The molecule has 17 heteroatoms. The van der Waals surface area contributed by atoms with Crippen molar-refractivity contribution in [3.05, 3.63) is 18.2 Å². The number of hydrogen-bond donors (Lipinski definition) is 0. The van der Waals surface area contributed by atoms with Gasteiger partial charge in [0.25, 0.3) is 5.82 Å². The number of unbranched alkanes of at least 4 members (excludes halogenated alkanes) is 3. The minimum atomic E-state index is -6.00. The summed E-state index contributed by atoms with van der Waals surface area (Å²) >= 11 is 0. The molecule has 0 spiro atoms. The van der Waals surface area contributed by atoms with E-state index in [0.717, 1.165) is 0 Å². The number of halogens is 12. The average Bonchev–Trinajstić information content (AvgIpc) is 2.70. The highest BCUT2D eigenvalue weighted by Gasteiger charge is 2.21. The lowest BCUT2D eigenvalue weighted by Gasteiger charge is -1.98. The lowest BCUT2D eigenvalue weighted by molar-refractivity contribution is -0.677. The van der Waals surface area contributed by atoms with Crippen LogP contribution in [0.3, 0.4) is 0 Å². The number of aromatic nitrogens is 2. The van der Waals surface area contributed by atoms with Crippen molar-refractivity contribution in [1.82, 2.24) is 4.57 Å². The first kappa shape index (κ1) is 31.3. The van der Waals surface area contributed by atoms with Crippen LogP contribution >= 0.6 is 0 Å². The first-order valence-electron chi connectivity index (χ1n) is 7.89. The van der Waals surface area contributed by atoms with Crippen molar-refractivity contribution in [1.29, 1.82) is 0 Å². The van der Waals surface area contributed by atoms with Crippen LogP contribution in [-0.4, -0.2) is 26.3 Å². The van der Waals surface area contributed by atoms with Gasteiger partial charge in [-0.3, -0.25) is 0 Å². The van der Waals surface area contributed by atoms with Gasteiger partial charge in [-0.05, 0) is 12.8 Å². The highest BCUT2D eigenvalue weighted by Crippen LogP contribution is 2.07. The molecular weight excluding hydrogens is 421 g/mol. The predicted octanol–water partition coefficient (Wildman–Crippen LogP) is 6.10. The maximum atomic E-state index is 9.75. The van der Waals surface area contributed by atoms with E-state index in [9.17, 15) is 51.8 Å². The van der Waals surface area contributed by atoms with Gasteiger partial charge >= 0.3 is 21.8 Å². The predicted molar refractivity (Wildman–Crippen MR) is 85.0 cm³/mol. The molecule has 170 valence electrons. The van der Waals surface area contributed by atoms with E-state index < -0.39 is 21.8 Å². The quantitative estimate of drug-likeness (QED) is 0.226. The average molecular weight is 442 g/mol. The maximum absolute atomic E-state index is 9.75. The molecule has 0 aliphatic rings. The van der Waals surface area contributed by atoms with Crippen LogP contribution in [-0.2, 0) is 13.6 Å². The molecule has 0 aliphatic heterocycles. The zero-order chi connectivity index (χ0) is 23.2. The van der Waals surface area contributed by atoms with Crippen LogP contribution < -0.4 is 4.57 Å². The summed E-state index contributed by atoms with van der Waals surface area (Å²) < 4.78 is 121. The third-order valence-electron chi connectivity index (χ3n) is 2.65. The Morgan fingerprint density at radius 2 is 1.11 bits per heavy atom. The Bertz CT molecular complexity index is 452. The van der Waals surface area contributed by atoms with Gasteiger partial charge in [-0.25, -0.2) is 9.13 Å². The van der Waals surface area contributed by atoms with Gasteiger partial charge in [0.1, 0.15) is 12.4 Å². The van der Waals surface area contributed by atoms with Crippen molar-refractivity contribution in [2.45, 2.75) is 46.1 Å². The number of rotatable bonds is 5. The van der Waals surface area contributed by atoms with Crippen LogP contribution in [0.25, 0.3) is 0 Å². The minimum absolute atomic E-state index is 1.17. The molecule has 1 rings (SSSR count). The Morgan fingerprint density at radius 3 is 1.36 bits per heavy atom.